The molecule has 1 heterocycles. The van der Waals surface area contributed by atoms with Gasteiger partial charge in [-0.1, -0.05) is 17.7 Å². The lowest BCUT2D eigenvalue weighted by Crippen LogP contribution is -2.17. The van der Waals surface area contributed by atoms with Crippen LogP contribution in [0.4, 0.5) is 0 Å². The predicted octanol–water partition coefficient (Wildman–Crippen LogP) is 3.11. The quantitative estimate of drug-likeness (QED) is 0.914. The Bertz CT molecular complexity index is 366. The molecular weight excluding hydrogens is 254 g/mol. The molecule has 0 aliphatic carbocycles. The molecule has 1 aliphatic heterocycles. The van der Waals surface area contributed by atoms with Gasteiger partial charge in [0.2, 0.25) is 0 Å². The third kappa shape index (κ3) is 3.88. The number of benzene rings is 1. The van der Waals surface area contributed by atoms with E-state index in [1.165, 1.54) is 10.5 Å². The molecule has 0 saturated carbocycles. The lowest BCUT2D eigenvalue weighted by molar-refractivity contribution is 0.100. The topological polar surface area (TPSA) is 35.2 Å². The fourth-order valence-corrected chi connectivity index (χ4v) is 3.51. The Balaban J connectivity index is 2.08. The number of rotatable bonds is 4. The molecule has 1 saturated heterocycles. The molecule has 0 atom stereocenters. The highest BCUT2D eigenvalue weighted by Crippen LogP contribution is 2.33. The molecule has 2 rings (SSSR count). The van der Waals surface area contributed by atoms with Gasteiger partial charge in [-0.3, -0.25) is 0 Å². The minimum atomic E-state index is 0.652. The SMILES string of the molecule is NCCc1ccc(Cl)cc1SC1CCOCC1. The highest BCUT2D eigenvalue weighted by molar-refractivity contribution is 8.00. The normalized spacial score (nSPS) is 17.3. The molecule has 1 fully saturated rings. The first-order valence-corrected chi connectivity index (χ1v) is 7.28. The van der Waals surface area contributed by atoms with Crippen molar-refractivity contribution in [2.24, 2.45) is 5.73 Å². The first-order valence-electron chi connectivity index (χ1n) is 6.02. The van der Waals surface area contributed by atoms with E-state index in [1.54, 1.807) is 0 Å². The van der Waals surface area contributed by atoms with Gasteiger partial charge in [0.1, 0.15) is 0 Å². The van der Waals surface area contributed by atoms with Crippen molar-refractivity contribution >= 4 is 23.4 Å². The molecule has 0 amide bonds. The Kier molecular flexibility index (Phi) is 5.16. The minimum absolute atomic E-state index is 0.652. The van der Waals surface area contributed by atoms with Crippen LogP contribution in [-0.2, 0) is 11.2 Å². The minimum Gasteiger partial charge on any atom is -0.381 e. The third-order valence-electron chi connectivity index (χ3n) is 2.90. The molecule has 1 aromatic carbocycles. The van der Waals surface area contributed by atoms with Crippen molar-refractivity contribution in [3.63, 3.8) is 0 Å². The van der Waals surface area contributed by atoms with Gasteiger partial charge in [-0.15, -0.1) is 11.8 Å². The lowest BCUT2D eigenvalue weighted by atomic mass is 10.1. The van der Waals surface area contributed by atoms with Crippen LogP contribution >= 0.6 is 23.4 Å². The number of hydrogen-bond donors (Lipinski definition) is 1. The molecule has 94 valence electrons. The van der Waals surface area contributed by atoms with E-state index in [9.17, 15) is 0 Å². The van der Waals surface area contributed by atoms with E-state index in [4.69, 9.17) is 22.1 Å². The molecule has 1 aliphatic rings. The first-order chi connectivity index (χ1) is 8.29. The number of halogens is 1. The van der Waals surface area contributed by atoms with Crippen LogP contribution in [0.1, 0.15) is 18.4 Å². The van der Waals surface area contributed by atoms with Gasteiger partial charge in [-0.05, 0) is 43.5 Å². The summed E-state index contributed by atoms with van der Waals surface area (Å²) in [5.41, 5.74) is 6.95. The third-order valence-corrected chi connectivity index (χ3v) is 4.58. The number of ether oxygens (including phenoxy) is 1. The summed E-state index contributed by atoms with van der Waals surface area (Å²) in [6.07, 6.45) is 3.17. The van der Waals surface area contributed by atoms with Gasteiger partial charge in [0.15, 0.2) is 0 Å². The van der Waals surface area contributed by atoms with E-state index in [-0.39, 0.29) is 0 Å². The Morgan fingerprint density at radius 2 is 2.12 bits per heavy atom. The van der Waals surface area contributed by atoms with Gasteiger partial charge in [-0.25, -0.2) is 0 Å². The smallest absolute Gasteiger partial charge is 0.0476 e. The maximum Gasteiger partial charge on any atom is 0.0476 e. The Morgan fingerprint density at radius 3 is 2.82 bits per heavy atom. The summed E-state index contributed by atoms with van der Waals surface area (Å²) in [6, 6.07) is 6.10. The summed E-state index contributed by atoms with van der Waals surface area (Å²) in [7, 11) is 0. The van der Waals surface area contributed by atoms with Crippen LogP contribution in [0, 0.1) is 0 Å². The lowest BCUT2D eigenvalue weighted by Gasteiger charge is -2.22. The van der Waals surface area contributed by atoms with Gasteiger partial charge < -0.3 is 10.5 Å². The van der Waals surface area contributed by atoms with Gasteiger partial charge in [0.25, 0.3) is 0 Å². The van der Waals surface area contributed by atoms with Crippen molar-refractivity contribution in [2.45, 2.75) is 29.4 Å². The summed E-state index contributed by atoms with van der Waals surface area (Å²) >= 11 is 7.99. The second-order valence-corrected chi connectivity index (χ2v) is 6.00. The summed E-state index contributed by atoms with van der Waals surface area (Å²) in [5.74, 6) is 0. The maximum atomic E-state index is 6.07. The summed E-state index contributed by atoms with van der Waals surface area (Å²) in [6.45, 7) is 2.44. The van der Waals surface area contributed by atoms with E-state index < -0.39 is 0 Å². The molecule has 17 heavy (non-hydrogen) atoms. The number of nitrogens with two attached hydrogens (primary N) is 1. The molecule has 0 radical (unpaired) electrons. The Hall–Kier alpha value is -0.220. The zero-order chi connectivity index (χ0) is 12.1. The van der Waals surface area contributed by atoms with E-state index >= 15 is 0 Å². The standard InChI is InChI=1S/C13H18ClNOS/c14-11-2-1-10(3-6-15)13(9-11)17-12-4-7-16-8-5-12/h1-2,9,12H,3-8,15H2. The van der Waals surface area contributed by atoms with Gasteiger partial charge >= 0.3 is 0 Å². The Morgan fingerprint density at radius 1 is 1.35 bits per heavy atom. The first kappa shape index (κ1) is 13.2. The van der Waals surface area contributed by atoms with E-state index in [0.717, 1.165) is 37.5 Å². The number of hydrogen-bond acceptors (Lipinski definition) is 3. The molecule has 1 aromatic rings. The van der Waals surface area contributed by atoms with Crippen LogP contribution < -0.4 is 5.73 Å². The zero-order valence-corrected chi connectivity index (χ0v) is 11.4. The van der Waals surface area contributed by atoms with Crippen molar-refractivity contribution in [3.8, 4) is 0 Å². The second-order valence-electron chi connectivity index (χ2n) is 4.22. The van der Waals surface area contributed by atoms with Gasteiger partial charge in [0, 0.05) is 28.4 Å². The van der Waals surface area contributed by atoms with Crippen LogP contribution in [0.15, 0.2) is 23.1 Å². The maximum absolute atomic E-state index is 6.07. The summed E-state index contributed by atoms with van der Waals surface area (Å²) in [4.78, 5) is 1.29. The van der Waals surface area contributed by atoms with Crippen molar-refractivity contribution in [1.29, 1.82) is 0 Å². The van der Waals surface area contributed by atoms with Gasteiger partial charge in [-0.2, -0.15) is 0 Å². The van der Waals surface area contributed by atoms with Crippen LogP contribution in [0.25, 0.3) is 0 Å². The predicted molar refractivity (Wildman–Crippen MR) is 73.9 cm³/mol. The van der Waals surface area contributed by atoms with E-state index in [0.29, 0.717) is 11.8 Å². The fourth-order valence-electron chi connectivity index (χ4n) is 1.97. The molecule has 0 bridgehead atoms. The van der Waals surface area contributed by atoms with Crippen LogP contribution in [0.5, 0.6) is 0 Å². The molecule has 2 N–H and O–H groups in total. The monoisotopic (exact) mass is 271 g/mol. The fraction of sp³-hybridized carbons (Fsp3) is 0.538. The average molecular weight is 272 g/mol. The molecule has 0 aromatic heterocycles. The molecule has 0 unspecified atom stereocenters. The zero-order valence-electron chi connectivity index (χ0n) is 9.82. The largest absolute Gasteiger partial charge is 0.381 e. The molecule has 0 spiro atoms. The van der Waals surface area contributed by atoms with Crippen molar-refractivity contribution < 1.29 is 4.74 Å². The summed E-state index contributed by atoms with van der Waals surface area (Å²) < 4.78 is 5.38. The average Bonchev–Trinajstić information content (AvgIpc) is 2.34. The highest BCUT2D eigenvalue weighted by atomic mass is 35.5. The van der Waals surface area contributed by atoms with Gasteiger partial charge in [0.05, 0.1) is 0 Å². The highest BCUT2D eigenvalue weighted by Gasteiger charge is 2.16. The molecule has 2 nitrogen and oxygen atoms in total. The molecule has 4 heteroatoms. The van der Waals surface area contributed by atoms with Crippen molar-refractivity contribution in [1.82, 2.24) is 0 Å². The Labute approximate surface area is 112 Å². The van der Waals surface area contributed by atoms with Crippen LogP contribution in [-0.4, -0.2) is 25.0 Å². The van der Waals surface area contributed by atoms with E-state index in [2.05, 4.69) is 12.1 Å². The van der Waals surface area contributed by atoms with Crippen molar-refractivity contribution in [3.05, 3.63) is 28.8 Å². The second kappa shape index (κ2) is 6.64. The van der Waals surface area contributed by atoms with Crippen LogP contribution in [0.2, 0.25) is 5.02 Å². The number of thioether (sulfide) groups is 1. The van der Waals surface area contributed by atoms with E-state index in [1.807, 2.05) is 17.8 Å². The van der Waals surface area contributed by atoms with Crippen molar-refractivity contribution in [2.75, 3.05) is 19.8 Å². The molecular formula is C13H18ClNOS. The summed E-state index contributed by atoms with van der Waals surface area (Å²) in [5, 5.41) is 1.46. The van der Waals surface area contributed by atoms with Crippen LogP contribution in [0.3, 0.4) is 0 Å².